The minimum absolute atomic E-state index is 0.00697. The summed E-state index contributed by atoms with van der Waals surface area (Å²) in [6, 6.07) is 2.85. The van der Waals surface area contributed by atoms with Crippen molar-refractivity contribution in [1.82, 2.24) is 0 Å². The second-order valence-electron chi connectivity index (χ2n) is 4.88. The summed E-state index contributed by atoms with van der Waals surface area (Å²) in [7, 11) is 0. The molecule has 6 nitrogen and oxygen atoms in total. The molecule has 2 rings (SSSR count). The average molecular weight is 301 g/mol. The summed E-state index contributed by atoms with van der Waals surface area (Å²) < 4.78 is 11.0. The van der Waals surface area contributed by atoms with Gasteiger partial charge in [0.25, 0.3) is 5.69 Å². The fraction of sp³-hybridized carbons (Fsp3) is 0.538. The molecule has 1 aliphatic heterocycles. The Morgan fingerprint density at radius 1 is 1.45 bits per heavy atom. The highest BCUT2D eigenvalue weighted by Gasteiger charge is 2.30. The van der Waals surface area contributed by atoms with E-state index in [0.29, 0.717) is 36.9 Å². The van der Waals surface area contributed by atoms with Gasteiger partial charge in [-0.15, -0.1) is 0 Å². The van der Waals surface area contributed by atoms with E-state index in [0.717, 1.165) is 5.56 Å². The molecule has 0 saturated carbocycles. The van der Waals surface area contributed by atoms with Gasteiger partial charge in [-0.3, -0.25) is 10.1 Å². The lowest BCUT2D eigenvalue weighted by Gasteiger charge is -2.23. The zero-order valence-corrected chi connectivity index (χ0v) is 12.2. The normalized spacial score (nSPS) is 17.1. The Bertz CT molecular complexity index is 492. The number of nitrogens with one attached hydrogen (secondary N) is 1. The molecule has 0 bridgehead atoms. The Kier molecular flexibility index (Phi) is 4.47. The van der Waals surface area contributed by atoms with E-state index in [4.69, 9.17) is 21.1 Å². The van der Waals surface area contributed by atoms with Crippen LogP contribution in [-0.2, 0) is 9.47 Å². The molecule has 1 heterocycles. The monoisotopic (exact) mass is 300 g/mol. The first-order valence-corrected chi connectivity index (χ1v) is 6.75. The summed E-state index contributed by atoms with van der Waals surface area (Å²) >= 11 is 6.08. The van der Waals surface area contributed by atoms with Gasteiger partial charge in [-0.05, 0) is 19.4 Å². The number of ether oxygens (including phenoxy) is 2. The first-order valence-electron chi connectivity index (χ1n) is 6.38. The minimum Gasteiger partial charge on any atom is -0.383 e. The van der Waals surface area contributed by atoms with Gasteiger partial charge >= 0.3 is 0 Å². The van der Waals surface area contributed by atoms with Crippen LogP contribution in [0, 0.1) is 17.0 Å². The smallest absolute Gasteiger partial charge is 0.271 e. The Morgan fingerprint density at radius 3 is 2.65 bits per heavy atom. The van der Waals surface area contributed by atoms with E-state index >= 15 is 0 Å². The lowest BCUT2D eigenvalue weighted by molar-refractivity contribution is -0.384. The molecule has 0 spiro atoms. The third kappa shape index (κ3) is 3.39. The lowest BCUT2D eigenvalue weighted by Crippen LogP contribution is -2.28. The second-order valence-corrected chi connectivity index (χ2v) is 5.29. The van der Waals surface area contributed by atoms with Crippen molar-refractivity contribution >= 4 is 23.0 Å². The number of nitrogens with zero attached hydrogens (tertiary/aromatic N) is 1. The van der Waals surface area contributed by atoms with Crippen molar-refractivity contribution in [2.45, 2.75) is 26.1 Å². The van der Waals surface area contributed by atoms with Crippen molar-refractivity contribution < 1.29 is 14.4 Å². The number of benzene rings is 1. The third-order valence-corrected chi connectivity index (χ3v) is 3.56. The quantitative estimate of drug-likeness (QED) is 0.668. The maximum Gasteiger partial charge on any atom is 0.271 e. The van der Waals surface area contributed by atoms with Crippen LogP contribution < -0.4 is 5.32 Å². The number of halogens is 1. The molecular weight excluding hydrogens is 284 g/mol. The zero-order chi connectivity index (χ0) is 14.8. The van der Waals surface area contributed by atoms with Gasteiger partial charge in [0.1, 0.15) is 0 Å². The van der Waals surface area contributed by atoms with Crippen LogP contribution >= 0.6 is 11.6 Å². The number of aryl methyl sites for hydroxylation is 1. The van der Waals surface area contributed by atoms with Gasteiger partial charge in [-0.1, -0.05) is 11.6 Å². The first kappa shape index (κ1) is 15.0. The molecular formula is C13H17ClN2O4. The summed E-state index contributed by atoms with van der Waals surface area (Å²) in [6.07, 6.45) is 0.666. The van der Waals surface area contributed by atoms with Crippen molar-refractivity contribution in [2.24, 2.45) is 0 Å². The third-order valence-electron chi connectivity index (χ3n) is 3.26. The van der Waals surface area contributed by atoms with Gasteiger partial charge in [0.05, 0.1) is 28.8 Å². The number of rotatable bonds is 5. The summed E-state index contributed by atoms with van der Waals surface area (Å²) in [5.41, 5.74) is 1.44. The van der Waals surface area contributed by atoms with E-state index in [1.54, 1.807) is 6.92 Å². The molecule has 0 amide bonds. The van der Waals surface area contributed by atoms with Gasteiger partial charge in [-0.25, -0.2) is 0 Å². The van der Waals surface area contributed by atoms with E-state index in [9.17, 15) is 10.1 Å². The number of nitro groups is 1. The first-order chi connectivity index (χ1) is 9.41. The number of non-ortho nitro benzene ring substituents is 1. The SMILES string of the molecule is Cc1cc([N+](=O)[O-])cc(Cl)c1NCCC1(C)OCCO1. The Labute approximate surface area is 122 Å². The van der Waals surface area contributed by atoms with Crippen molar-refractivity contribution in [2.75, 3.05) is 25.1 Å². The van der Waals surface area contributed by atoms with E-state index in [1.165, 1.54) is 12.1 Å². The predicted molar refractivity (Wildman–Crippen MR) is 76.3 cm³/mol. The second kappa shape index (κ2) is 5.95. The van der Waals surface area contributed by atoms with Gasteiger partial charge < -0.3 is 14.8 Å². The summed E-state index contributed by atoms with van der Waals surface area (Å²) in [6.45, 7) is 5.49. The summed E-state index contributed by atoms with van der Waals surface area (Å²) in [5, 5.41) is 14.3. The number of nitro benzene ring substituents is 1. The highest BCUT2D eigenvalue weighted by molar-refractivity contribution is 6.33. The highest BCUT2D eigenvalue weighted by Crippen LogP contribution is 2.31. The number of anilines is 1. The van der Waals surface area contributed by atoms with Crippen LogP contribution in [0.25, 0.3) is 0 Å². The molecule has 110 valence electrons. The molecule has 0 radical (unpaired) electrons. The van der Waals surface area contributed by atoms with Crippen LogP contribution in [-0.4, -0.2) is 30.5 Å². The Morgan fingerprint density at radius 2 is 2.10 bits per heavy atom. The molecule has 0 unspecified atom stereocenters. The van der Waals surface area contributed by atoms with Crippen LogP contribution in [0.3, 0.4) is 0 Å². The molecule has 7 heteroatoms. The molecule has 0 aromatic heterocycles. The summed E-state index contributed by atoms with van der Waals surface area (Å²) in [4.78, 5) is 10.3. The highest BCUT2D eigenvalue weighted by atomic mass is 35.5. The molecule has 0 aliphatic carbocycles. The summed E-state index contributed by atoms with van der Waals surface area (Å²) in [5.74, 6) is -0.561. The van der Waals surface area contributed by atoms with E-state index in [-0.39, 0.29) is 5.69 Å². The number of hydrogen-bond donors (Lipinski definition) is 1. The van der Waals surface area contributed by atoms with E-state index < -0.39 is 10.7 Å². The molecule has 1 fully saturated rings. The topological polar surface area (TPSA) is 73.6 Å². The lowest BCUT2D eigenvalue weighted by atomic mass is 10.1. The van der Waals surface area contributed by atoms with Crippen LogP contribution in [0.5, 0.6) is 0 Å². The molecule has 20 heavy (non-hydrogen) atoms. The molecule has 1 aromatic carbocycles. The molecule has 1 aliphatic rings. The van der Waals surface area contributed by atoms with E-state index in [2.05, 4.69) is 5.32 Å². The van der Waals surface area contributed by atoms with Gasteiger partial charge in [0.15, 0.2) is 5.79 Å². The fourth-order valence-electron chi connectivity index (χ4n) is 2.17. The minimum atomic E-state index is -0.561. The van der Waals surface area contributed by atoms with Crippen molar-refractivity contribution in [1.29, 1.82) is 0 Å². The predicted octanol–water partition coefficient (Wildman–Crippen LogP) is 3.12. The van der Waals surface area contributed by atoms with Crippen molar-refractivity contribution in [3.8, 4) is 0 Å². The van der Waals surface area contributed by atoms with Gasteiger partial charge in [-0.2, -0.15) is 0 Å². The molecule has 1 saturated heterocycles. The van der Waals surface area contributed by atoms with Crippen LogP contribution in [0.1, 0.15) is 18.9 Å². The standard InChI is InChI=1S/C13H17ClN2O4/c1-9-7-10(16(17)18)8-11(14)12(9)15-4-3-13(2)19-5-6-20-13/h7-8,15H,3-6H2,1-2H3. The van der Waals surface area contributed by atoms with Crippen molar-refractivity contribution in [3.05, 3.63) is 32.8 Å². The average Bonchev–Trinajstić information content (AvgIpc) is 2.79. The van der Waals surface area contributed by atoms with Crippen molar-refractivity contribution in [3.63, 3.8) is 0 Å². The number of hydrogen-bond acceptors (Lipinski definition) is 5. The van der Waals surface area contributed by atoms with E-state index in [1.807, 2.05) is 6.92 Å². The Balaban J connectivity index is 2.01. The Hall–Kier alpha value is -1.37. The molecule has 0 atom stereocenters. The van der Waals surface area contributed by atoms with Crippen LogP contribution in [0.15, 0.2) is 12.1 Å². The zero-order valence-electron chi connectivity index (χ0n) is 11.4. The van der Waals surface area contributed by atoms with Crippen LogP contribution in [0.4, 0.5) is 11.4 Å². The molecule has 1 aromatic rings. The maximum absolute atomic E-state index is 10.7. The maximum atomic E-state index is 10.7. The fourth-order valence-corrected chi connectivity index (χ4v) is 2.50. The largest absolute Gasteiger partial charge is 0.383 e. The van der Waals surface area contributed by atoms with Gasteiger partial charge in [0.2, 0.25) is 0 Å². The molecule has 1 N–H and O–H groups in total. The van der Waals surface area contributed by atoms with Gasteiger partial charge in [0, 0.05) is 25.1 Å². The van der Waals surface area contributed by atoms with Crippen LogP contribution in [0.2, 0.25) is 5.02 Å².